The number of nitrogens with zero attached hydrogens (tertiary/aromatic N) is 5. The van der Waals surface area contributed by atoms with Gasteiger partial charge in [-0.1, -0.05) is 12.1 Å². The molecule has 2 N–H and O–H groups in total. The minimum Gasteiger partial charge on any atom is -0.358 e. The first-order valence-electron chi connectivity index (χ1n) is 8.65. The molecular weight excluding hydrogens is 334 g/mol. The van der Waals surface area contributed by atoms with Gasteiger partial charge in [-0.25, -0.2) is 14.5 Å². The quantitative estimate of drug-likeness (QED) is 0.543. The molecule has 0 aliphatic carbocycles. The number of hydrogen-bond donors (Lipinski definition) is 2. The Morgan fingerprint density at radius 3 is 2.81 bits per heavy atom. The minimum atomic E-state index is -0.431. The van der Waals surface area contributed by atoms with Crippen LogP contribution in [0.5, 0.6) is 0 Å². The number of hydrogen-bond acceptors (Lipinski definition) is 6. The predicted octanol–water partition coefficient (Wildman–Crippen LogP) is 1.47. The van der Waals surface area contributed by atoms with Gasteiger partial charge in [-0.05, 0) is 24.0 Å². The average molecular weight is 355 g/mol. The van der Waals surface area contributed by atoms with Gasteiger partial charge in [-0.2, -0.15) is 0 Å². The average Bonchev–Trinajstić information content (AvgIpc) is 3.22. The van der Waals surface area contributed by atoms with E-state index in [-0.39, 0.29) is 17.9 Å². The number of rotatable bonds is 4. The van der Waals surface area contributed by atoms with Crippen LogP contribution in [0.4, 0.5) is 5.82 Å². The summed E-state index contributed by atoms with van der Waals surface area (Å²) in [6.07, 6.45) is 1.28. The summed E-state index contributed by atoms with van der Waals surface area (Å²) in [5.74, 6) is 1.08. The second-order valence-electron chi connectivity index (χ2n) is 6.56. The number of para-hydroxylation sites is 2. The topological polar surface area (TPSA) is 103 Å². The van der Waals surface area contributed by atoms with Gasteiger partial charge in [0.25, 0.3) is 5.82 Å². The maximum absolute atomic E-state index is 11.2. The summed E-state index contributed by atoms with van der Waals surface area (Å²) in [6.45, 7) is 4.85. The summed E-state index contributed by atoms with van der Waals surface area (Å²) in [4.78, 5) is 19.8. The summed E-state index contributed by atoms with van der Waals surface area (Å²) in [6, 6.07) is 8.22. The van der Waals surface area contributed by atoms with Gasteiger partial charge >= 0.3 is 5.82 Å². The Labute approximate surface area is 150 Å². The lowest BCUT2D eigenvalue weighted by molar-refractivity contribution is -0.391. The molecule has 3 aromatic rings. The highest BCUT2D eigenvalue weighted by atomic mass is 16.6. The molecule has 1 saturated heterocycles. The molecular formula is C17H21N7O2. The molecule has 9 nitrogen and oxygen atoms in total. The molecule has 1 aliphatic heterocycles. The summed E-state index contributed by atoms with van der Waals surface area (Å²) in [5, 5.41) is 18.2. The molecule has 1 aromatic carbocycles. The van der Waals surface area contributed by atoms with E-state index in [2.05, 4.69) is 27.1 Å². The van der Waals surface area contributed by atoms with Crippen molar-refractivity contribution < 1.29 is 4.92 Å². The summed E-state index contributed by atoms with van der Waals surface area (Å²) in [5.41, 5.74) is 1.84. The largest absolute Gasteiger partial charge is 0.358 e. The van der Waals surface area contributed by atoms with Crippen molar-refractivity contribution in [1.82, 2.24) is 29.7 Å². The molecule has 0 amide bonds. The van der Waals surface area contributed by atoms with Crippen LogP contribution in [0.15, 0.2) is 30.5 Å². The van der Waals surface area contributed by atoms with E-state index in [0.29, 0.717) is 11.6 Å². The van der Waals surface area contributed by atoms with Crippen molar-refractivity contribution in [2.75, 3.05) is 19.6 Å². The highest BCUT2D eigenvalue weighted by Gasteiger charge is 2.29. The van der Waals surface area contributed by atoms with Crippen molar-refractivity contribution in [2.45, 2.75) is 19.0 Å². The molecule has 0 spiro atoms. The van der Waals surface area contributed by atoms with E-state index in [0.717, 1.165) is 30.7 Å². The molecule has 2 atom stereocenters. The Morgan fingerprint density at radius 1 is 1.31 bits per heavy atom. The summed E-state index contributed by atoms with van der Waals surface area (Å²) in [7, 11) is 1.65. The number of fused-ring (bicyclic) bond motifs is 1. The molecule has 26 heavy (non-hydrogen) atoms. The van der Waals surface area contributed by atoms with Gasteiger partial charge in [0, 0.05) is 31.7 Å². The molecule has 9 heteroatoms. The SMILES string of the molecule is CC(C1CNCCN1)n1c(-c2ncc([N+](=O)[O-])n2C)nc2ccccc21. The Morgan fingerprint density at radius 2 is 2.12 bits per heavy atom. The molecule has 2 unspecified atom stereocenters. The first-order valence-corrected chi connectivity index (χ1v) is 8.65. The van der Waals surface area contributed by atoms with Crippen LogP contribution in [-0.2, 0) is 7.05 Å². The van der Waals surface area contributed by atoms with Gasteiger partial charge in [-0.3, -0.25) is 0 Å². The third kappa shape index (κ3) is 2.65. The Bertz CT molecular complexity index is 955. The maximum atomic E-state index is 11.2. The zero-order valence-corrected chi connectivity index (χ0v) is 14.7. The number of imidazole rings is 2. The van der Waals surface area contributed by atoms with E-state index >= 15 is 0 Å². The van der Waals surface area contributed by atoms with Crippen molar-refractivity contribution in [2.24, 2.45) is 7.05 Å². The van der Waals surface area contributed by atoms with Gasteiger partial charge in [0.05, 0.1) is 18.1 Å². The molecule has 136 valence electrons. The summed E-state index contributed by atoms with van der Waals surface area (Å²) >= 11 is 0. The second kappa shape index (κ2) is 6.50. The monoisotopic (exact) mass is 355 g/mol. The molecule has 0 radical (unpaired) electrons. The maximum Gasteiger partial charge on any atom is 0.343 e. The highest BCUT2D eigenvalue weighted by molar-refractivity contribution is 5.80. The number of nitro groups is 1. The van der Waals surface area contributed by atoms with Crippen molar-refractivity contribution >= 4 is 16.9 Å². The fourth-order valence-electron chi connectivity index (χ4n) is 3.59. The first kappa shape index (κ1) is 16.7. The summed E-state index contributed by atoms with van der Waals surface area (Å²) < 4.78 is 3.61. The molecule has 1 fully saturated rings. The zero-order chi connectivity index (χ0) is 18.3. The van der Waals surface area contributed by atoms with Gasteiger partial charge in [0.15, 0.2) is 0 Å². The normalized spacial score (nSPS) is 18.9. The first-order chi connectivity index (χ1) is 12.6. The predicted molar refractivity (Wildman–Crippen MR) is 98.0 cm³/mol. The van der Waals surface area contributed by atoms with Crippen molar-refractivity contribution in [3.8, 4) is 11.6 Å². The lowest BCUT2D eigenvalue weighted by atomic mass is 10.1. The Kier molecular flexibility index (Phi) is 4.17. The lowest BCUT2D eigenvalue weighted by Crippen LogP contribution is -2.51. The highest BCUT2D eigenvalue weighted by Crippen LogP contribution is 2.30. The van der Waals surface area contributed by atoms with Crippen molar-refractivity contribution in [3.63, 3.8) is 0 Å². The van der Waals surface area contributed by atoms with Crippen LogP contribution in [-0.4, -0.2) is 49.7 Å². The number of nitrogens with one attached hydrogen (secondary N) is 2. The zero-order valence-electron chi connectivity index (χ0n) is 14.7. The van der Waals surface area contributed by atoms with E-state index < -0.39 is 4.92 Å². The minimum absolute atomic E-state index is 0.0521. The molecule has 1 aliphatic rings. The fourth-order valence-corrected chi connectivity index (χ4v) is 3.59. The van der Waals surface area contributed by atoms with Gasteiger partial charge in [0.1, 0.15) is 6.20 Å². The van der Waals surface area contributed by atoms with Gasteiger partial charge in [0.2, 0.25) is 5.82 Å². The van der Waals surface area contributed by atoms with Crippen molar-refractivity contribution in [1.29, 1.82) is 0 Å². The molecule has 0 bridgehead atoms. The van der Waals surface area contributed by atoms with Crippen LogP contribution in [0.1, 0.15) is 13.0 Å². The smallest absolute Gasteiger partial charge is 0.343 e. The van der Waals surface area contributed by atoms with E-state index in [4.69, 9.17) is 4.98 Å². The van der Waals surface area contributed by atoms with Gasteiger partial charge < -0.3 is 25.3 Å². The fraction of sp³-hybridized carbons (Fsp3) is 0.412. The van der Waals surface area contributed by atoms with Crippen LogP contribution in [0.3, 0.4) is 0 Å². The second-order valence-corrected chi connectivity index (χ2v) is 6.56. The number of aromatic nitrogens is 4. The van der Waals surface area contributed by atoms with Crippen LogP contribution in [0.25, 0.3) is 22.7 Å². The molecule has 4 rings (SSSR count). The molecule has 3 heterocycles. The van der Waals surface area contributed by atoms with Crippen LogP contribution in [0, 0.1) is 10.1 Å². The Hall–Kier alpha value is -2.78. The van der Waals surface area contributed by atoms with Crippen LogP contribution in [0.2, 0.25) is 0 Å². The lowest BCUT2D eigenvalue weighted by Gasteiger charge is -2.31. The van der Waals surface area contributed by atoms with Crippen LogP contribution < -0.4 is 10.6 Å². The van der Waals surface area contributed by atoms with Gasteiger partial charge in [-0.15, -0.1) is 0 Å². The van der Waals surface area contributed by atoms with Crippen molar-refractivity contribution in [3.05, 3.63) is 40.6 Å². The van der Waals surface area contributed by atoms with E-state index in [9.17, 15) is 10.1 Å². The molecule has 0 saturated carbocycles. The number of piperazine rings is 1. The van der Waals surface area contributed by atoms with E-state index in [1.54, 1.807) is 7.05 Å². The number of benzene rings is 1. The molecule has 2 aromatic heterocycles. The van der Waals surface area contributed by atoms with E-state index in [1.807, 2.05) is 24.3 Å². The third-order valence-electron chi connectivity index (χ3n) is 5.01. The Balaban J connectivity index is 1.88. The standard InChI is InChI=1S/C17H21N7O2/c1-11(13-9-18-7-8-19-13)23-14-6-4-3-5-12(14)21-17(23)16-20-10-15(22(16)2)24(25)26/h3-6,10-11,13,18-19H,7-9H2,1-2H3. The van der Waals surface area contributed by atoms with E-state index in [1.165, 1.54) is 10.8 Å². The third-order valence-corrected chi connectivity index (χ3v) is 5.01. The van der Waals surface area contributed by atoms with Crippen LogP contribution >= 0.6 is 0 Å².